The Bertz CT molecular complexity index is 1320. The molecule has 160 valence electrons. The van der Waals surface area contributed by atoms with E-state index in [4.69, 9.17) is 9.72 Å². The van der Waals surface area contributed by atoms with Gasteiger partial charge in [-0.2, -0.15) is 15.2 Å². The molecule has 0 aliphatic heterocycles. The number of fused-ring (bicyclic) bond motifs is 1. The Morgan fingerprint density at radius 2 is 1.75 bits per heavy atom. The molecular weight excluding hydrogens is 400 g/mol. The summed E-state index contributed by atoms with van der Waals surface area (Å²) in [5.41, 5.74) is 4.46. The van der Waals surface area contributed by atoms with E-state index in [0.717, 1.165) is 33.6 Å². The van der Waals surface area contributed by atoms with E-state index >= 15 is 0 Å². The molecule has 0 radical (unpaired) electrons. The summed E-state index contributed by atoms with van der Waals surface area (Å²) in [7, 11) is 3.47. The largest absolute Gasteiger partial charge is 0.467 e. The first-order valence-corrected chi connectivity index (χ1v) is 10.2. The van der Waals surface area contributed by atoms with Gasteiger partial charge in [0.15, 0.2) is 5.65 Å². The first kappa shape index (κ1) is 21.2. The maximum absolute atomic E-state index is 9.40. The number of pyridine rings is 2. The predicted molar refractivity (Wildman–Crippen MR) is 125 cm³/mol. The predicted octanol–water partition coefficient (Wildman–Crippen LogP) is 4.97. The Balaban J connectivity index is 1.80. The molecule has 4 rings (SSSR count). The van der Waals surface area contributed by atoms with Gasteiger partial charge in [-0.15, -0.1) is 0 Å². The van der Waals surface area contributed by atoms with Crippen molar-refractivity contribution in [3.05, 3.63) is 65.9 Å². The van der Waals surface area contributed by atoms with Gasteiger partial charge in [0.2, 0.25) is 0 Å². The topological polar surface area (TPSA) is 87.8 Å². The van der Waals surface area contributed by atoms with Crippen molar-refractivity contribution in [3.8, 4) is 23.5 Å². The number of benzene rings is 1. The van der Waals surface area contributed by atoms with Crippen molar-refractivity contribution in [1.29, 1.82) is 5.26 Å². The zero-order valence-electron chi connectivity index (χ0n) is 18.8. The van der Waals surface area contributed by atoms with Crippen molar-refractivity contribution >= 4 is 22.5 Å². The molecule has 7 nitrogen and oxygen atoms in total. The highest BCUT2D eigenvalue weighted by molar-refractivity contribution is 5.91. The van der Waals surface area contributed by atoms with Crippen molar-refractivity contribution in [2.24, 2.45) is 0 Å². The van der Waals surface area contributed by atoms with Crippen LogP contribution in [-0.4, -0.2) is 34.1 Å². The molecule has 1 aromatic carbocycles. The number of rotatable bonds is 5. The van der Waals surface area contributed by atoms with Crippen LogP contribution in [0.5, 0.6) is 6.01 Å². The molecular formula is C25H24N6O. The third kappa shape index (κ3) is 3.83. The summed E-state index contributed by atoms with van der Waals surface area (Å²) in [6, 6.07) is 18.3. The van der Waals surface area contributed by atoms with E-state index < -0.39 is 5.41 Å². The molecule has 0 fully saturated rings. The molecule has 0 amide bonds. The van der Waals surface area contributed by atoms with Gasteiger partial charge in [-0.25, -0.2) is 4.98 Å². The Labute approximate surface area is 187 Å². The second kappa shape index (κ2) is 8.23. The summed E-state index contributed by atoms with van der Waals surface area (Å²) in [5.74, 6) is 0.677. The molecule has 0 aliphatic rings. The maximum atomic E-state index is 9.40. The van der Waals surface area contributed by atoms with E-state index in [0.29, 0.717) is 11.5 Å². The van der Waals surface area contributed by atoms with Gasteiger partial charge in [0.05, 0.1) is 35.4 Å². The third-order valence-electron chi connectivity index (χ3n) is 5.53. The summed E-state index contributed by atoms with van der Waals surface area (Å²) in [6.45, 7) is 5.81. The normalized spacial score (nSPS) is 11.2. The number of hydrogen-bond acceptors (Lipinski definition) is 7. The lowest BCUT2D eigenvalue weighted by molar-refractivity contribution is 0.382. The van der Waals surface area contributed by atoms with Gasteiger partial charge in [0.1, 0.15) is 5.82 Å². The molecule has 3 heterocycles. The molecule has 32 heavy (non-hydrogen) atoms. The van der Waals surface area contributed by atoms with Crippen LogP contribution in [0, 0.1) is 18.3 Å². The lowest BCUT2D eigenvalue weighted by Crippen LogP contribution is -2.16. The summed E-state index contributed by atoms with van der Waals surface area (Å²) >= 11 is 0. The smallest absolute Gasteiger partial charge is 0.320 e. The van der Waals surface area contributed by atoms with E-state index in [2.05, 4.69) is 21.0 Å². The maximum Gasteiger partial charge on any atom is 0.320 e. The van der Waals surface area contributed by atoms with Crippen LogP contribution in [0.25, 0.3) is 22.4 Å². The fourth-order valence-corrected chi connectivity index (χ4v) is 3.50. The lowest BCUT2D eigenvalue weighted by atomic mass is 9.86. The number of aryl methyl sites for hydroxylation is 1. The summed E-state index contributed by atoms with van der Waals surface area (Å²) in [5, 5.41) is 10.2. The molecule has 3 aromatic heterocycles. The van der Waals surface area contributed by atoms with Crippen LogP contribution >= 0.6 is 0 Å². The van der Waals surface area contributed by atoms with Gasteiger partial charge >= 0.3 is 6.01 Å². The van der Waals surface area contributed by atoms with Crippen LogP contribution < -0.4 is 9.64 Å². The van der Waals surface area contributed by atoms with Crippen molar-refractivity contribution < 1.29 is 4.74 Å². The van der Waals surface area contributed by atoms with Gasteiger partial charge in [0.25, 0.3) is 0 Å². The standard InChI is InChI=1S/C25H24N6O/c1-16-7-6-14-27-21(16)20-13-12-19-22(28-20)29-24(32-5)30-23(19)31(4)18-10-8-17(9-11-18)25(2,3)15-26/h6-14H,1-5H3. The van der Waals surface area contributed by atoms with Crippen molar-refractivity contribution in [2.75, 3.05) is 19.1 Å². The second-order valence-electron chi connectivity index (χ2n) is 8.11. The van der Waals surface area contributed by atoms with Gasteiger partial charge in [-0.3, -0.25) is 4.98 Å². The summed E-state index contributed by atoms with van der Waals surface area (Å²) in [4.78, 5) is 20.2. The highest BCUT2D eigenvalue weighted by Crippen LogP contribution is 2.32. The molecule has 0 spiro atoms. The van der Waals surface area contributed by atoms with Gasteiger partial charge in [-0.1, -0.05) is 18.2 Å². The highest BCUT2D eigenvalue weighted by atomic mass is 16.5. The van der Waals surface area contributed by atoms with Gasteiger partial charge in [-0.05, 0) is 62.2 Å². The molecule has 0 unspecified atom stereocenters. The Morgan fingerprint density at radius 1 is 1.00 bits per heavy atom. The summed E-state index contributed by atoms with van der Waals surface area (Å²) in [6.07, 6.45) is 1.76. The number of hydrogen-bond donors (Lipinski definition) is 0. The molecule has 0 atom stereocenters. The van der Waals surface area contributed by atoms with E-state index in [1.165, 1.54) is 7.11 Å². The Kier molecular flexibility index (Phi) is 5.45. The zero-order valence-corrected chi connectivity index (χ0v) is 18.8. The van der Waals surface area contributed by atoms with Crippen LogP contribution in [0.4, 0.5) is 11.5 Å². The minimum absolute atomic E-state index is 0.240. The van der Waals surface area contributed by atoms with Crippen LogP contribution in [0.3, 0.4) is 0 Å². The SMILES string of the molecule is COc1nc(N(C)c2ccc(C(C)(C)C#N)cc2)c2ccc(-c3ncccc3C)nc2n1. The highest BCUT2D eigenvalue weighted by Gasteiger charge is 2.21. The molecule has 7 heteroatoms. The average molecular weight is 425 g/mol. The number of methoxy groups -OCH3 is 1. The number of nitriles is 1. The first-order chi connectivity index (χ1) is 15.3. The monoisotopic (exact) mass is 424 g/mol. The Morgan fingerprint density at radius 3 is 2.41 bits per heavy atom. The van der Waals surface area contributed by atoms with E-state index in [1.807, 2.05) is 81.2 Å². The molecule has 0 N–H and O–H groups in total. The fraction of sp³-hybridized carbons (Fsp3) is 0.240. The van der Waals surface area contributed by atoms with E-state index in [-0.39, 0.29) is 6.01 Å². The minimum atomic E-state index is -0.550. The number of anilines is 2. The minimum Gasteiger partial charge on any atom is -0.467 e. The molecule has 4 aromatic rings. The van der Waals surface area contributed by atoms with Crippen molar-refractivity contribution in [2.45, 2.75) is 26.2 Å². The molecule has 0 saturated carbocycles. The van der Waals surface area contributed by atoms with Crippen LogP contribution in [0.2, 0.25) is 0 Å². The van der Waals surface area contributed by atoms with E-state index in [1.54, 1.807) is 6.20 Å². The number of ether oxygens (including phenoxy) is 1. The van der Waals surface area contributed by atoms with Gasteiger partial charge in [0, 0.05) is 18.9 Å². The van der Waals surface area contributed by atoms with Gasteiger partial charge < -0.3 is 9.64 Å². The average Bonchev–Trinajstić information content (AvgIpc) is 2.82. The first-order valence-electron chi connectivity index (χ1n) is 10.2. The Hall–Kier alpha value is -4.05. The quantitative estimate of drug-likeness (QED) is 0.447. The molecule has 0 saturated heterocycles. The second-order valence-corrected chi connectivity index (χ2v) is 8.11. The van der Waals surface area contributed by atoms with Crippen molar-refractivity contribution in [3.63, 3.8) is 0 Å². The zero-order chi connectivity index (χ0) is 22.9. The molecule has 0 bridgehead atoms. The third-order valence-corrected chi connectivity index (χ3v) is 5.53. The number of nitrogens with zero attached hydrogens (tertiary/aromatic N) is 6. The van der Waals surface area contributed by atoms with Crippen LogP contribution in [-0.2, 0) is 5.41 Å². The van der Waals surface area contributed by atoms with Crippen molar-refractivity contribution in [1.82, 2.24) is 19.9 Å². The number of aromatic nitrogens is 4. The summed E-state index contributed by atoms with van der Waals surface area (Å²) < 4.78 is 5.36. The van der Waals surface area contributed by atoms with E-state index in [9.17, 15) is 5.26 Å². The fourth-order valence-electron chi connectivity index (χ4n) is 3.50. The van der Waals surface area contributed by atoms with Crippen LogP contribution in [0.15, 0.2) is 54.7 Å². The molecule has 0 aliphatic carbocycles. The van der Waals surface area contributed by atoms with Crippen LogP contribution in [0.1, 0.15) is 25.0 Å². The lowest BCUT2D eigenvalue weighted by Gasteiger charge is -2.22.